The van der Waals surface area contributed by atoms with E-state index in [-0.39, 0.29) is 11.5 Å². The molecule has 0 radical (unpaired) electrons. The minimum Gasteiger partial charge on any atom is -0.504 e. The van der Waals surface area contributed by atoms with Crippen LogP contribution < -0.4 is 0 Å². The van der Waals surface area contributed by atoms with Crippen molar-refractivity contribution in [2.24, 2.45) is 5.41 Å². The number of aromatic hydroxyl groups is 2. The maximum atomic E-state index is 10.5. The molecule has 1 rings (SSSR count). The maximum absolute atomic E-state index is 10.5. The summed E-state index contributed by atoms with van der Waals surface area (Å²) >= 11 is 0. The molecule has 4 nitrogen and oxygen atoms in total. The van der Waals surface area contributed by atoms with Crippen molar-refractivity contribution in [2.45, 2.75) is 98.0 Å². The number of phenolic OH excluding ortho intramolecular Hbond substituents is 2. The molecule has 0 fully saturated rings. The number of carbonyl (C=O) groups is 1. The van der Waals surface area contributed by atoms with Crippen molar-refractivity contribution >= 4 is 6.47 Å². The van der Waals surface area contributed by atoms with Crippen LogP contribution in [0.1, 0.15) is 90.7 Å². The maximum Gasteiger partial charge on any atom is 0.293 e. The van der Waals surface area contributed by atoms with E-state index >= 15 is 0 Å². The molecule has 0 bridgehead atoms. The quantitative estimate of drug-likeness (QED) is 0.269. The molecule has 0 atom stereocenters. The van der Waals surface area contributed by atoms with Gasteiger partial charge in [0.05, 0.1) is 0 Å². The van der Waals surface area contributed by atoms with E-state index in [2.05, 4.69) is 20.8 Å². The van der Waals surface area contributed by atoms with Gasteiger partial charge in [0.25, 0.3) is 6.47 Å². The van der Waals surface area contributed by atoms with Crippen molar-refractivity contribution in [1.82, 2.24) is 0 Å². The Morgan fingerprint density at radius 3 is 1.78 bits per heavy atom. The largest absolute Gasteiger partial charge is 0.504 e. The van der Waals surface area contributed by atoms with Crippen molar-refractivity contribution in [3.63, 3.8) is 0 Å². The van der Waals surface area contributed by atoms with Gasteiger partial charge in [0.1, 0.15) is 5.60 Å². The number of hydrogen-bond donors (Lipinski definition) is 2. The number of phenols is 2. The number of hydrogen-bond acceptors (Lipinski definition) is 4. The van der Waals surface area contributed by atoms with Crippen LogP contribution in [0.15, 0.2) is 12.1 Å². The lowest BCUT2D eigenvalue weighted by Gasteiger charge is -2.22. The molecule has 154 valence electrons. The summed E-state index contributed by atoms with van der Waals surface area (Å²) in [5, 5.41) is 20.6. The average Bonchev–Trinajstić information content (AvgIpc) is 2.55. The summed E-state index contributed by atoms with van der Waals surface area (Å²) in [6.07, 6.45) is 8.57. The van der Waals surface area contributed by atoms with Gasteiger partial charge in [-0.25, -0.2) is 0 Å². The van der Waals surface area contributed by atoms with E-state index in [0.29, 0.717) is 18.3 Å². The van der Waals surface area contributed by atoms with Crippen LogP contribution in [0.25, 0.3) is 0 Å². The molecule has 1 aromatic carbocycles. The van der Waals surface area contributed by atoms with E-state index in [1.54, 1.807) is 0 Å². The normalized spacial score (nSPS) is 12.2. The van der Waals surface area contributed by atoms with E-state index in [0.717, 1.165) is 49.7 Å². The Labute approximate surface area is 164 Å². The number of ether oxygens (including phenoxy) is 1. The highest BCUT2D eigenvalue weighted by molar-refractivity contribution is 5.50. The van der Waals surface area contributed by atoms with Crippen LogP contribution in [0.5, 0.6) is 11.5 Å². The molecule has 27 heavy (non-hydrogen) atoms. The van der Waals surface area contributed by atoms with Crippen molar-refractivity contribution in [3.8, 4) is 11.5 Å². The van der Waals surface area contributed by atoms with Crippen LogP contribution >= 0.6 is 0 Å². The van der Waals surface area contributed by atoms with Crippen LogP contribution in [-0.2, 0) is 22.4 Å². The second kappa shape index (κ2) is 10.6. The van der Waals surface area contributed by atoms with Gasteiger partial charge in [-0.3, -0.25) is 4.79 Å². The van der Waals surface area contributed by atoms with Gasteiger partial charge in [-0.05, 0) is 75.3 Å². The van der Waals surface area contributed by atoms with Gasteiger partial charge >= 0.3 is 0 Å². The second-order valence-electron chi connectivity index (χ2n) is 9.38. The SMILES string of the molecule is CC(C)(C)CCCCCc1ccc(CCCCC(C)(C)OC=O)c(O)c1O. The van der Waals surface area contributed by atoms with E-state index in [4.69, 9.17) is 4.74 Å². The third-order valence-electron chi connectivity index (χ3n) is 5.03. The zero-order valence-electron chi connectivity index (χ0n) is 17.8. The summed E-state index contributed by atoms with van der Waals surface area (Å²) in [7, 11) is 0. The molecule has 0 aliphatic heterocycles. The molecule has 0 aliphatic carbocycles. The number of rotatable bonds is 12. The standard InChI is InChI=1S/C23H38O4/c1-22(2,3)15-9-6-7-11-18-13-14-19(21(26)20(18)25)12-8-10-16-23(4,5)27-17-24/h13-14,17,25-26H,6-12,15-16H2,1-5H3. The second-order valence-corrected chi connectivity index (χ2v) is 9.38. The number of aryl methyl sites for hydroxylation is 2. The van der Waals surface area contributed by atoms with Crippen LogP contribution in [0.2, 0.25) is 0 Å². The van der Waals surface area contributed by atoms with E-state index in [1.165, 1.54) is 12.8 Å². The van der Waals surface area contributed by atoms with Crippen LogP contribution in [-0.4, -0.2) is 22.3 Å². The lowest BCUT2D eigenvalue weighted by Crippen LogP contribution is -2.23. The summed E-state index contributed by atoms with van der Waals surface area (Å²) < 4.78 is 5.04. The molecule has 0 saturated carbocycles. The summed E-state index contributed by atoms with van der Waals surface area (Å²) in [4.78, 5) is 10.5. The summed E-state index contributed by atoms with van der Waals surface area (Å²) in [6, 6.07) is 3.86. The summed E-state index contributed by atoms with van der Waals surface area (Å²) in [5.41, 5.74) is 1.52. The molecule has 0 aromatic heterocycles. The zero-order valence-corrected chi connectivity index (χ0v) is 17.8. The molecule has 0 unspecified atom stereocenters. The smallest absolute Gasteiger partial charge is 0.293 e. The zero-order chi connectivity index (χ0) is 20.5. The Bertz CT molecular complexity index is 585. The van der Waals surface area contributed by atoms with Gasteiger partial charge in [-0.2, -0.15) is 0 Å². The van der Waals surface area contributed by atoms with Crippen molar-refractivity contribution < 1.29 is 19.7 Å². The van der Waals surface area contributed by atoms with Gasteiger partial charge in [0, 0.05) is 0 Å². The first-order chi connectivity index (χ1) is 12.6. The first kappa shape index (κ1) is 23.3. The van der Waals surface area contributed by atoms with E-state index < -0.39 is 5.60 Å². The molecule has 0 heterocycles. The Morgan fingerprint density at radius 1 is 0.815 bits per heavy atom. The fourth-order valence-corrected chi connectivity index (χ4v) is 3.27. The Balaban J connectivity index is 2.45. The molecule has 2 N–H and O–H groups in total. The highest BCUT2D eigenvalue weighted by atomic mass is 16.5. The Kier molecular flexibility index (Phi) is 9.14. The fourth-order valence-electron chi connectivity index (χ4n) is 3.27. The molecular weight excluding hydrogens is 340 g/mol. The van der Waals surface area contributed by atoms with Gasteiger partial charge in [-0.15, -0.1) is 0 Å². The third-order valence-corrected chi connectivity index (χ3v) is 5.03. The molecule has 0 aliphatic rings. The van der Waals surface area contributed by atoms with Gasteiger partial charge in [0.2, 0.25) is 0 Å². The Hall–Kier alpha value is -1.71. The van der Waals surface area contributed by atoms with Crippen molar-refractivity contribution in [3.05, 3.63) is 23.3 Å². The topological polar surface area (TPSA) is 66.8 Å². The number of benzene rings is 1. The summed E-state index contributed by atoms with van der Waals surface area (Å²) in [6.45, 7) is 11.0. The fraction of sp³-hybridized carbons (Fsp3) is 0.696. The average molecular weight is 379 g/mol. The third kappa shape index (κ3) is 9.16. The predicted molar refractivity (Wildman–Crippen MR) is 110 cm³/mol. The van der Waals surface area contributed by atoms with Gasteiger partial charge in [0.15, 0.2) is 11.5 Å². The number of unbranched alkanes of at least 4 members (excludes halogenated alkanes) is 3. The van der Waals surface area contributed by atoms with Gasteiger partial charge in [-0.1, -0.05) is 45.7 Å². The van der Waals surface area contributed by atoms with Crippen LogP contribution in [0.4, 0.5) is 0 Å². The van der Waals surface area contributed by atoms with Crippen LogP contribution in [0, 0.1) is 5.41 Å². The lowest BCUT2D eigenvalue weighted by molar-refractivity contribution is -0.140. The molecule has 4 heteroatoms. The Morgan fingerprint density at radius 2 is 1.30 bits per heavy atom. The molecule has 0 amide bonds. The molecule has 0 saturated heterocycles. The molecule has 0 spiro atoms. The first-order valence-electron chi connectivity index (χ1n) is 10.2. The van der Waals surface area contributed by atoms with Crippen LogP contribution in [0.3, 0.4) is 0 Å². The minimum atomic E-state index is -0.456. The minimum absolute atomic E-state index is 0.0191. The monoisotopic (exact) mass is 378 g/mol. The predicted octanol–water partition coefficient (Wildman–Crippen LogP) is 5.91. The van der Waals surface area contributed by atoms with Gasteiger partial charge < -0.3 is 14.9 Å². The van der Waals surface area contributed by atoms with Crippen molar-refractivity contribution in [2.75, 3.05) is 0 Å². The number of carbonyl (C=O) groups excluding carboxylic acids is 1. The first-order valence-corrected chi connectivity index (χ1v) is 10.2. The molecular formula is C23H38O4. The van der Waals surface area contributed by atoms with E-state index in [9.17, 15) is 15.0 Å². The molecule has 1 aromatic rings. The highest BCUT2D eigenvalue weighted by Gasteiger charge is 2.18. The summed E-state index contributed by atoms with van der Waals surface area (Å²) in [5.74, 6) is 0.0542. The van der Waals surface area contributed by atoms with Crippen molar-refractivity contribution in [1.29, 1.82) is 0 Å². The highest BCUT2D eigenvalue weighted by Crippen LogP contribution is 2.35. The lowest BCUT2D eigenvalue weighted by atomic mass is 9.89. The van der Waals surface area contributed by atoms with E-state index in [1.807, 2.05) is 26.0 Å².